The molecule has 0 aromatic heterocycles. The predicted molar refractivity (Wildman–Crippen MR) is 97.5 cm³/mol. The topological polar surface area (TPSA) is 18.5 Å². The highest BCUT2D eigenvalue weighted by Crippen LogP contribution is 2.21. The monoisotopic (exact) mass is 308 g/mol. The Morgan fingerprint density at radius 2 is 1.78 bits per heavy atom. The number of hydrogen-bond donors (Lipinski definition) is 0. The van der Waals surface area contributed by atoms with E-state index in [1.807, 2.05) is 19.9 Å². The van der Waals surface area contributed by atoms with Crippen molar-refractivity contribution >= 4 is 12.2 Å². The lowest BCUT2D eigenvalue weighted by molar-refractivity contribution is 0.182. The van der Waals surface area contributed by atoms with Gasteiger partial charge in [0.05, 0.1) is 6.61 Å². The minimum Gasteiger partial charge on any atom is -0.495 e. The van der Waals surface area contributed by atoms with E-state index in [9.17, 15) is 0 Å². The molecular formula is C21H24O2. The molecule has 2 heteroatoms. The zero-order valence-electron chi connectivity index (χ0n) is 14.1. The largest absolute Gasteiger partial charge is 0.495 e. The number of ether oxygens (including phenoxy) is 2. The van der Waals surface area contributed by atoms with Crippen molar-refractivity contribution in [2.24, 2.45) is 0 Å². The lowest BCUT2D eigenvalue weighted by atomic mass is 10.1. The highest BCUT2D eigenvalue weighted by Gasteiger charge is 2.02. The Balaban J connectivity index is 2.02. The summed E-state index contributed by atoms with van der Waals surface area (Å²) in [5.74, 6) is 1.51. The van der Waals surface area contributed by atoms with Crippen LogP contribution in [-0.4, -0.2) is 13.2 Å². The van der Waals surface area contributed by atoms with Gasteiger partial charge in [0.2, 0.25) is 0 Å². The molecule has 2 nitrogen and oxygen atoms in total. The first-order valence-electron chi connectivity index (χ1n) is 7.87. The van der Waals surface area contributed by atoms with Gasteiger partial charge in [-0.1, -0.05) is 54.6 Å². The summed E-state index contributed by atoms with van der Waals surface area (Å²) < 4.78 is 11.0. The van der Waals surface area contributed by atoms with Crippen molar-refractivity contribution < 1.29 is 9.47 Å². The third-order valence-corrected chi connectivity index (χ3v) is 3.45. The van der Waals surface area contributed by atoms with Crippen LogP contribution in [0.5, 0.6) is 5.75 Å². The van der Waals surface area contributed by atoms with Gasteiger partial charge in [0, 0.05) is 0 Å². The first-order chi connectivity index (χ1) is 11.1. The summed E-state index contributed by atoms with van der Waals surface area (Å²) in [4.78, 5) is 0. The molecule has 0 spiro atoms. The van der Waals surface area contributed by atoms with E-state index in [0.717, 1.165) is 16.9 Å². The molecule has 23 heavy (non-hydrogen) atoms. The number of benzene rings is 2. The summed E-state index contributed by atoms with van der Waals surface area (Å²) in [6, 6.07) is 14.6. The average Bonchev–Trinajstić information content (AvgIpc) is 2.52. The van der Waals surface area contributed by atoms with Gasteiger partial charge in [-0.3, -0.25) is 0 Å². The molecule has 0 radical (unpaired) electrons. The Hall–Kier alpha value is -2.48. The van der Waals surface area contributed by atoms with Crippen molar-refractivity contribution in [3.63, 3.8) is 0 Å². The molecule has 0 amide bonds. The van der Waals surface area contributed by atoms with Crippen LogP contribution in [0.15, 0.2) is 54.8 Å². The van der Waals surface area contributed by atoms with Gasteiger partial charge in [-0.05, 0) is 49.6 Å². The summed E-state index contributed by atoms with van der Waals surface area (Å²) in [6.45, 7) is 10.9. The molecule has 120 valence electrons. The van der Waals surface area contributed by atoms with Crippen LogP contribution in [-0.2, 0) is 4.74 Å². The minimum atomic E-state index is 0.382. The van der Waals surface area contributed by atoms with Crippen LogP contribution in [0.1, 0.15) is 29.2 Å². The highest BCUT2D eigenvalue weighted by atomic mass is 16.5. The number of hydrogen-bond acceptors (Lipinski definition) is 2. The Kier molecular flexibility index (Phi) is 6.04. The van der Waals surface area contributed by atoms with Gasteiger partial charge in [-0.15, -0.1) is 0 Å². The minimum absolute atomic E-state index is 0.382. The van der Waals surface area contributed by atoms with Crippen molar-refractivity contribution in [2.75, 3.05) is 13.2 Å². The van der Waals surface area contributed by atoms with E-state index >= 15 is 0 Å². The van der Waals surface area contributed by atoms with E-state index in [1.54, 1.807) is 0 Å². The van der Waals surface area contributed by atoms with E-state index < -0.39 is 0 Å². The van der Waals surface area contributed by atoms with Gasteiger partial charge in [0.1, 0.15) is 18.1 Å². The highest BCUT2D eigenvalue weighted by molar-refractivity contribution is 5.70. The van der Waals surface area contributed by atoms with Gasteiger partial charge in [-0.25, -0.2) is 0 Å². The van der Waals surface area contributed by atoms with Gasteiger partial charge in [-0.2, -0.15) is 0 Å². The van der Waals surface area contributed by atoms with Crippen LogP contribution in [0.25, 0.3) is 12.2 Å². The number of aryl methyl sites for hydroxylation is 2. The summed E-state index contributed by atoms with van der Waals surface area (Å²) in [5, 5.41) is 0. The van der Waals surface area contributed by atoms with E-state index in [0.29, 0.717) is 19.0 Å². The second-order valence-electron chi connectivity index (χ2n) is 5.53. The smallest absolute Gasteiger partial charge is 0.145 e. The summed E-state index contributed by atoms with van der Waals surface area (Å²) in [7, 11) is 0. The van der Waals surface area contributed by atoms with Gasteiger partial charge in [0.15, 0.2) is 0 Å². The SMILES string of the molecule is C=C(COc1ccc(C=Cc2cccc(C)c2)cc1C)OCC. The average molecular weight is 308 g/mol. The Morgan fingerprint density at radius 3 is 2.43 bits per heavy atom. The van der Waals surface area contributed by atoms with Crippen molar-refractivity contribution in [2.45, 2.75) is 20.8 Å². The van der Waals surface area contributed by atoms with Gasteiger partial charge < -0.3 is 9.47 Å². The maximum Gasteiger partial charge on any atom is 0.145 e. The molecule has 2 aromatic carbocycles. The molecule has 0 heterocycles. The summed E-state index contributed by atoms with van der Waals surface area (Å²) in [6.07, 6.45) is 4.24. The number of rotatable bonds is 7. The van der Waals surface area contributed by atoms with Crippen LogP contribution in [0.3, 0.4) is 0 Å². The lowest BCUT2D eigenvalue weighted by Crippen LogP contribution is -2.04. The fourth-order valence-electron chi connectivity index (χ4n) is 2.31. The molecule has 0 N–H and O–H groups in total. The first kappa shape index (κ1) is 16.9. The molecule has 0 unspecified atom stereocenters. The molecule has 0 saturated heterocycles. The van der Waals surface area contributed by atoms with Crippen LogP contribution in [0.4, 0.5) is 0 Å². The fourth-order valence-corrected chi connectivity index (χ4v) is 2.31. The molecule has 2 aromatic rings. The standard InChI is InChI=1S/C21H24O2/c1-5-22-18(4)15-23-21-12-11-20(14-17(21)3)10-9-19-8-6-7-16(2)13-19/h6-14H,4-5,15H2,1-3H3. The van der Waals surface area contributed by atoms with Gasteiger partial charge >= 0.3 is 0 Å². The van der Waals surface area contributed by atoms with Crippen molar-refractivity contribution in [3.8, 4) is 5.75 Å². The third-order valence-electron chi connectivity index (χ3n) is 3.45. The molecule has 0 atom stereocenters. The first-order valence-corrected chi connectivity index (χ1v) is 7.87. The van der Waals surface area contributed by atoms with E-state index in [1.165, 1.54) is 11.1 Å². The van der Waals surface area contributed by atoms with E-state index in [4.69, 9.17) is 9.47 Å². The summed E-state index contributed by atoms with van der Waals surface area (Å²) in [5.41, 5.74) is 4.72. The second-order valence-corrected chi connectivity index (χ2v) is 5.53. The summed E-state index contributed by atoms with van der Waals surface area (Å²) >= 11 is 0. The molecule has 0 aliphatic rings. The van der Waals surface area contributed by atoms with Crippen molar-refractivity contribution in [3.05, 3.63) is 77.1 Å². The quantitative estimate of drug-likeness (QED) is 0.503. The maximum atomic E-state index is 5.74. The predicted octanol–water partition coefficient (Wildman–Crippen LogP) is 5.40. The zero-order chi connectivity index (χ0) is 16.7. The molecule has 0 saturated carbocycles. The molecule has 0 aliphatic carbocycles. The van der Waals surface area contributed by atoms with Crippen molar-refractivity contribution in [1.82, 2.24) is 0 Å². The maximum absolute atomic E-state index is 5.74. The normalized spacial score (nSPS) is 10.7. The van der Waals surface area contributed by atoms with Gasteiger partial charge in [0.25, 0.3) is 0 Å². The Bertz CT molecular complexity index is 699. The molecule has 0 aliphatic heterocycles. The van der Waals surface area contributed by atoms with E-state index in [2.05, 4.69) is 62.1 Å². The zero-order valence-corrected chi connectivity index (χ0v) is 14.1. The fraction of sp³-hybridized carbons (Fsp3) is 0.238. The Morgan fingerprint density at radius 1 is 1.04 bits per heavy atom. The third kappa shape index (κ3) is 5.33. The molecule has 0 fully saturated rings. The molecule has 2 rings (SSSR count). The van der Waals surface area contributed by atoms with Crippen LogP contribution in [0.2, 0.25) is 0 Å². The molecular weight excluding hydrogens is 284 g/mol. The second kappa shape index (κ2) is 8.23. The molecule has 0 bridgehead atoms. The van der Waals surface area contributed by atoms with Crippen molar-refractivity contribution in [1.29, 1.82) is 0 Å². The Labute approximate surface area is 139 Å². The lowest BCUT2D eigenvalue weighted by Gasteiger charge is -2.11. The van der Waals surface area contributed by atoms with E-state index in [-0.39, 0.29) is 0 Å². The van der Waals surface area contributed by atoms with Crippen LogP contribution < -0.4 is 4.74 Å². The van der Waals surface area contributed by atoms with Crippen LogP contribution >= 0.6 is 0 Å². The van der Waals surface area contributed by atoms with Crippen LogP contribution in [0, 0.1) is 13.8 Å².